The van der Waals surface area contributed by atoms with Crippen LogP contribution in [0.25, 0.3) is 0 Å². The zero-order valence-corrected chi connectivity index (χ0v) is 20.0. The first kappa shape index (κ1) is 29.4. The number of aliphatic carboxylic acids is 1. The fraction of sp³-hybridized carbons (Fsp3) is 0.706. The Kier molecular flexibility index (Phi) is 15.2. The molecule has 0 aliphatic heterocycles. The minimum Gasteiger partial charge on any atom is -0.480 e. The third-order valence-electron chi connectivity index (χ3n) is 4.04. The predicted octanol–water partition coefficient (Wildman–Crippen LogP) is -1.84. The van der Waals surface area contributed by atoms with Crippen molar-refractivity contribution in [2.45, 2.75) is 43.4 Å². The number of thiol groups is 1. The molecule has 4 amide bonds. The maximum atomic E-state index is 12.7. The minimum absolute atomic E-state index is 0.0715. The third-order valence-corrected chi connectivity index (χ3v) is 5.72. The van der Waals surface area contributed by atoms with Crippen LogP contribution in [0, 0.1) is 0 Å². The van der Waals surface area contributed by atoms with Gasteiger partial charge in [0.05, 0.1) is 12.5 Å². The second-order valence-corrected chi connectivity index (χ2v) is 8.88. The van der Waals surface area contributed by atoms with Crippen LogP contribution in [0.2, 0.25) is 0 Å². The standard InChI is InChI=1S/C17H31N5O6S3/c1-30-5-3-10(20-14(24)9(18)8-29)15(25)22-12(7-13(19)23)16(26)21-11(17(27)28)4-6-31-2/h9-12,29H,3-8,18H2,1-2H3,(H2,19,23)(H,20,24)(H,21,26)(H,22,25)(H,27,28). The number of carbonyl (C=O) groups is 5. The Morgan fingerprint density at radius 1 is 0.871 bits per heavy atom. The maximum Gasteiger partial charge on any atom is 0.326 e. The Morgan fingerprint density at radius 2 is 1.32 bits per heavy atom. The second-order valence-electron chi connectivity index (χ2n) is 6.54. The van der Waals surface area contributed by atoms with Gasteiger partial charge in [-0.15, -0.1) is 0 Å². The zero-order valence-electron chi connectivity index (χ0n) is 17.5. The average molecular weight is 498 g/mol. The van der Waals surface area contributed by atoms with Gasteiger partial charge in [-0.1, -0.05) is 0 Å². The van der Waals surface area contributed by atoms with E-state index < -0.39 is 60.2 Å². The van der Waals surface area contributed by atoms with E-state index >= 15 is 0 Å². The number of carbonyl (C=O) groups excluding carboxylic acids is 4. The number of nitrogens with one attached hydrogen (secondary N) is 3. The summed E-state index contributed by atoms with van der Waals surface area (Å²) in [5, 5.41) is 16.5. The van der Waals surface area contributed by atoms with E-state index in [2.05, 4.69) is 28.6 Å². The molecule has 0 aromatic rings. The first-order valence-corrected chi connectivity index (χ1v) is 12.8. The van der Waals surface area contributed by atoms with Crippen LogP contribution in [0.1, 0.15) is 19.3 Å². The van der Waals surface area contributed by atoms with Gasteiger partial charge in [0.25, 0.3) is 0 Å². The summed E-state index contributed by atoms with van der Waals surface area (Å²) in [6.45, 7) is 0. The van der Waals surface area contributed by atoms with Crippen LogP contribution in [0.5, 0.6) is 0 Å². The van der Waals surface area contributed by atoms with Gasteiger partial charge in [-0.3, -0.25) is 19.2 Å². The molecule has 0 saturated carbocycles. The van der Waals surface area contributed by atoms with Crippen LogP contribution < -0.4 is 27.4 Å². The van der Waals surface area contributed by atoms with Gasteiger partial charge in [-0.2, -0.15) is 36.2 Å². The molecule has 0 aliphatic rings. The number of amides is 4. The topological polar surface area (TPSA) is 194 Å². The van der Waals surface area contributed by atoms with E-state index in [1.165, 1.54) is 23.5 Å². The molecule has 0 spiro atoms. The number of hydrogen-bond acceptors (Lipinski definition) is 9. The van der Waals surface area contributed by atoms with Gasteiger partial charge in [0, 0.05) is 5.75 Å². The molecule has 31 heavy (non-hydrogen) atoms. The van der Waals surface area contributed by atoms with Gasteiger partial charge in [0.15, 0.2) is 0 Å². The molecule has 4 unspecified atom stereocenters. The average Bonchev–Trinajstić information content (AvgIpc) is 2.71. The van der Waals surface area contributed by atoms with E-state index in [0.29, 0.717) is 11.5 Å². The lowest BCUT2D eigenvalue weighted by molar-refractivity contribution is -0.142. The third kappa shape index (κ3) is 12.1. The van der Waals surface area contributed by atoms with Crippen LogP contribution in [0.4, 0.5) is 0 Å². The molecule has 8 N–H and O–H groups in total. The molecule has 14 heteroatoms. The number of primary amides is 1. The molecular weight excluding hydrogens is 466 g/mol. The number of hydrogen-bond donors (Lipinski definition) is 7. The summed E-state index contributed by atoms with van der Waals surface area (Å²) in [5.41, 5.74) is 10.8. The molecular formula is C17H31N5O6S3. The van der Waals surface area contributed by atoms with Crippen molar-refractivity contribution in [3.8, 4) is 0 Å². The minimum atomic E-state index is -1.40. The largest absolute Gasteiger partial charge is 0.480 e. The van der Waals surface area contributed by atoms with E-state index in [9.17, 15) is 29.1 Å². The first-order chi connectivity index (χ1) is 14.6. The summed E-state index contributed by atoms with van der Waals surface area (Å²) >= 11 is 6.80. The summed E-state index contributed by atoms with van der Waals surface area (Å²) in [7, 11) is 0. The zero-order chi connectivity index (χ0) is 24.0. The van der Waals surface area contributed by atoms with Gasteiger partial charge < -0.3 is 32.5 Å². The van der Waals surface area contributed by atoms with E-state index in [-0.39, 0.29) is 18.6 Å². The van der Waals surface area contributed by atoms with E-state index in [4.69, 9.17) is 11.5 Å². The fourth-order valence-electron chi connectivity index (χ4n) is 2.31. The van der Waals surface area contributed by atoms with Crippen LogP contribution in [0.15, 0.2) is 0 Å². The van der Waals surface area contributed by atoms with Crippen molar-refractivity contribution in [1.29, 1.82) is 0 Å². The Labute approximate surface area is 195 Å². The van der Waals surface area contributed by atoms with Crippen LogP contribution >= 0.6 is 36.2 Å². The molecule has 0 aromatic heterocycles. The molecule has 0 rings (SSSR count). The summed E-state index contributed by atoms with van der Waals surface area (Å²) in [6, 6.07) is -4.52. The Bertz CT molecular complexity index is 639. The summed E-state index contributed by atoms with van der Waals surface area (Å²) < 4.78 is 0. The number of nitrogens with two attached hydrogens (primary N) is 2. The maximum absolute atomic E-state index is 12.7. The van der Waals surface area contributed by atoms with Crippen molar-refractivity contribution >= 4 is 65.8 Å². The lowest BCUT2D eigenvalue weighted by Crippen LogP contribution is -2.58. The lowest BCUT2D eigenvalue weighted by atomic mass is 10.1. The summed E-state index contributed by atoms with van der Waals surface area (Å²) in [4.78, 5) is 60.2. The molecule has 178 valence electrons. The number of rotatable bonds is 16. The smallest absolute Gasteiger partial charge is 0.326 e. The van der Waals surface area contributed by atoms with Crippen LogP contribution in [-0.2, 0) is 24.0 Å². The number of carboxylic acid groups (broad SMARTS) is 1. The molecule has 0 fully saturated rings. The monoisotopic (exact) mass is 497 g/mol. The van der Waals surface area contributed by atoms with E-state index in [1.807, 2.05) is 6.26 Å². The molecule has 4 atom stereocenters. The van der Waals surface area contributed by atoms with Crippen molar-refractivity contribution in [3.63, 3.8) is 0 Å². The highest BCUT2D eigenvalue weighted by Gasteiger charge is 2.30. The lowest BCUT2D eigenvalue weighted by Gasteiger charge is -2.24. The van der Waals surface area contributed by atoms with Crippen molar-refractivity contribution < 1.29 is 29.1 Å². The Balaban J connectivity index is 5.39. The first-order valence-electron chi connectivity index (χ1n) is 9.33. The van der Waals surface area contributed by atoms with Gasteiger partial charge >= 0.3 is 5.97 Å². The van der Waals surface area contributed by atoms with Gasteiger partial charge in [-0.25, -0.2) is 4.79 Å². The van der Waals surface area contributed by atoms with Crippen molar-refractivity contribution in [1.82, 2.24) is 16.0 Å². The van der Waals surface area contributed by atoms with Gasteiger partial charge in [-0.05, 0) is 36.9 Å². The SMILES string of the molecule is CSCCC(NC(=O)C(CC(N)=O)NC(=O)C(CCSC)NC(=O)C(N)CS)C(=O)O. The number of carboxylic acids is 1. The predicted molar refractivity (Wildman–Crippen MR) is 125 cm³/mol. The number of thioether (sulfide) groups is 2. The molecule has 0 bridgehead atoms. The highest BCUT2D eigenvalue weighted by atomic mass is 32.2. The fourth-order valence-corrected chi connectivity index (χ4v) is 3.42. The molecule has 0 aromatic carbocycles. The quantitative estimate of drug-likeness (QED) is 0.120. The van der Waals surface area contributed by atoms with Gasteiger partial charge in [0.2, 0.25) is 23.6 Å². The van der Waals surface area contributed by atoms with Crippen LogP contribution in [-0.4, -0.2) is 88.6 Å². The normalized spacial score (nSPS) is 14.6. The van der Waals surface area contributed by atoms with E-state index in [1.54, 1.807) is 6.26 Å². The molecule has 0 saturated heterocycles. The van der Waals surface area contributed by atoms with E-state index in [0.717, 1.165) is 0 Å². The summed E-state index contributed by atoms with van der Waals surface area (Å²) in [6.07, 6.45) is 3.48. The summed E-state index contributed by atoms with van der Waals surface area (Å²) in [5.74, 6) is -3.18. The van der Waals surface area contributed by atoms with Gasteiger partial charge in [0.1, 0.15) is 18.1 Å². The Hall–Kier alpha value is -1.64. The Morgan fingerprint density at radius 3 is 1.77 bits per heavy atom. The van der Waals surface area contributed by atoms with Crippen molar-refractivity contribution in [2.75, 3.05) is 29.8 Å². The highest BCUT2D eigenvalue weighted by molar-refractivity contribution is 7.98. The van der Waals surface area contributed by atoms with Crippen molar-refractivity contribution in [2.24, 2.45) is 11.5 Å². The van der Waals surface area contributed by atoms with Crippen molar-refractivity contribution in [3.05, 3.63) is 0 Å². The molecule has 0 aliphatic carbocycles. The van der Waals surface area contributed by atoms with Crippen LogP contribution in [0.3, 0.4) is 0 Å². The molecule has 0 heterocycles. The highest BCUT2D eigenvalue weighted by Crippen LogP contribution is 2.05. The second kappa shape index (κ2) is 16.1. The molecule has 0 radical (unpaired) electrons. The molecule has 11 nitrogen and oxygen atoms in total.